The average molecular weight is 391 g/mol. The number of nitrogens with zero attached hydrogens (tertiary/aromatic N) is 5. The molecule has 0 N–H and O–H groups in total. The molecule has 1 aliphatic rings. The number of carbonyl (C=O) groups excluding carboxylic acids is 1. The summed E-state index contributed by atoms with van der Waals surface area (Å²) in [5.41, 5.74) is 6.04. The topological polar surface area (TPSA) is 63.4 Å². The molecule has 0 bridgehead atoms. The molecule has 0 atom stereocenters. The first-order chi connectivity index (χ1) is 14.8. The first-order valence-electron chi connectivity index (χ1n) is 9.88. The number of rotatable bonds is 3. The minimum atomic E-state index is -0.0173. The van der Waals surface area contributed by atoms with Gasteiger partial charge in [-0.2, -0.15) is 0 Å². The molecule has 2 aromatic heterocycles. The average Bonchev–Trinajstić information content (AvgIpc) is 3.46. The summed E-state index contributed by atoms with van der Waals surface area (Å²) in [7, 11) is 0. The van der Waals surface area contributed by atoms with Crippen LogP contribution in [0.5, 0.6) is 0 Å². The maximum atomic E-state index is 12.9. The van der Waals surface area contributed by atoms with Crippen molar-refractivity contribution >= 4 is 34.0 Å². The zero-order chi connectivity index (χ0) is 20.1. The van der Waals surface area contributed by atoms with Gasteiger partial charge in [-0.25, -0.2) is 4.98 Å². The Morgan fingerprint density at radius 1 is 0.900 bits per heavy atom. The summed E-state index contributed by atoms with van der Waals surface area (Å²) in [5.74, 6) is 0.767. The summed E-state index contributed by atoms with van der Waals surface area (Å²) in [6.45, 7) is 0.852. The highest BCUT2D eigenvalue weighted by Gasteiger charge is 2.25. The fraction of sp³-hybridized carbons (Fsp3) is 0.0833. The number of carbonyl (C=O) groups is 1. The second-order valence-electron chi connectivity index (χ2n) is 7.39. The molecule has 0 spiro atoms. The lowest BCUT2D eigenvalue weighted by molar-refractivity contribution is 0.103. The van der Waals surface area contributed by atoms with Crippen LogP contribution in [0.3, 0.4) is 0 Å². The number of anilines is 2. The van der Waals surface area contributed by atoms with E-state index in [-0.39, 0.29) is 5.78 Å². The molecule has 144 valence electrons. The monoisotopic (exact) mass is 391 g/mol. The van der Waals surface area contributed by atoms with Gasteiger partial charge >= 0.3 is 0 Å². The second kappa shape index (κ2) is 6.49. The van der Waals surface area contributed by atoms with Crippen molar-refractivity contribution in [3.8, 4) is 0 Å². The van der Waals surface area contributed by atoms with E-state index in [0.29, 0.717) is 16.8 Å². The van der Waals surface area contributed by atoms with Gasteiger partial charge in [0.2, 0.25) is 5.65 Å². The van der Waals surface area contributed by atoms with E-state index in [1.807, 2.05) is 59.0 Å². The number of para-hydroxylation sites is 1. The molecule has 6 nitrogen and oxygen atoms in total. The van der Waals surface area contributed by atoms with E-state index in [0.717, 1.165) is 35.5 Å². The Bertz CT molecular complexity index is 1420. The van der Waals surface area contributed by atoms with Gasteiger partial charge in [0.25, 0.3) is 0 Å². The molecule has 6 rings (SSSR count). The maximum Gasteiger partial charge on any atom is 0.204 e. The largest absolute Gasteiger partial charge is 0.323 e. The minimum absolute atomic E-state index is 0.0173. The fourth-order valence-corrected chi connectivity index (χ4v) is 4.18. The fourth-order valence-electron chi connectivity index (χ4n) is 4.18. The lowest BCUT2D eigenvalue weighted by atomic mass is 10.0. The van der Waals surface area contributed by atoms with E-state index in [2.05, 4.69) is 33.3 Å². The zero-order valence-corrected chi connectivity index (χ0v) is 16.1. The summed E-state index contributed by atoms with van der Waals surface area (Å²) in [4.78, 5) is 20.0. The van der Waals surface area contributed by atoms with Gasteiger partial charge in [-0.15, -0.1) is 10.2 Å². The Balaban J connectivity index is 1.52. The molecule has 0 unspecified atom stereocenters. The van der Waals surface area contributed by atoms with E-state index in [1.165, 1.54) is 5.56 Å². The van der Waals surface area contributed by atoms with Gasteiger partial charge in [-0.05, 0) is 36.2 Å². The van der Waals surface area contributed by atoms with Crippen molar-refractivity contribution in [3.05, 3.63) is 95.8 Å². The number of fused-ring (bicyclic) bond motifs is 4. The van der Waals surface area contributed by atoms with Crippen LogP contribution in [0.25, 0.3) is 16.7 Å². The van der Waals surface area contributed by atoms with E-state index >= 15 is 0 Å². The standard InChI is InChI=1S/C24H17N5O/c30-22(17-7-2-1-3-8-17)18-10-11-19-21(14-18)29-15-25-27-24(29)23(26-19)28-13-12-16-6-4-5-9-20(16)28/h1-11,14-15H,12-13H2. The highest BCUT2D eigenvalue weighted by molar-refractivity contribution is 6.10. The molecule has 1 aliphatic heterocycles. The second-order valence-corrected chi connectivity index (χ2v) is 7.39. The summed E-state index contributed by atoms with van der Waals surface area (Å²) >= 11 is 0. The third-order valence-corrected chi connectivity index (χ3v) is 5.65. The normalized spacial score (nSPS) is 13.1. The Morgan fingerprint density at radius 2 is 1.73 bits per heavy atom. The van der Waals surface area contributed by atoms with Crippen LogP contribution >= 0.6 is 0 Å². The highest BCUT2D eigenvalue weighted by Crippen LogP contribution is 2.36. The molecular weight excluding hydrogens is 374 g/mol. The van der Waals surface area contributed by atoms with Crippen molar-refractivity contribution < 1.29 is 4.79 Å². The lowest BCUT2D eigenvalue weighted by Gasteiger charge is -2.19. The van der Waals surface area contributed by atoms with Gasteiger partial charge in [-0.3, -0.25) is 9.20 Å². The van der Waals surface area contributed by atoms with Crippen LogP contribution in [0.15, 0.2) is 79.1 Å². The minimum Gasteiger partial charge on any atom is -0.323 e. The van der Waals surface area contributed by atoms with Crippen LogP contribution < -0.4 is 4.90 Å². The van der Waals surface area contributed by atoms with Crippen LogP contribution in [-0.2, 0) is 6.42 Å². The van der Waals surface area contributed by atoms with Crippen molar-refractivity contribution in [1.29, 1.82) is 0 Å². The summed E-state index contributed by atoms with van der Waals surface area (Å²) < 4.78 is 1.92. The Labute approximate surface area is 172 Å². The van der Waals surface area contributed by atoms with Crippen LogP contribution in [0, 0.1) is 0 Å². The molecule has 0 aliphatic carbocycles. The molecular formula is C24H17N5O. The molecule has 3 heterocycles. The number of benzene rings is 3. The Morgan fingerprint density at radius 3 is 2.63 bits per heavy atom. The quantitative estimate of drug-likeness (QED) is 0.431. The van der Waals surface area contributed by atoms with Gasteiger partial charge in [0.15, 0.2) is 11.6 Å². The Hall–Kier alpha value is -4.06. The van der Waals surface area contributed by atoms with E-state index in [1.54, 1.807) is 6.33 Å². The smallest absolute Gasteiger partial charge is 0.204 e. The van der Waals surface area contributed by atoms with Gasteiger partial charge < -0.3 is 4.90 Å². The van der Waals surface area contributed by atoms with Crippen LogP contribution in [0.4, 0.5) is 11.5 Å². The third-order valence-electron chi connectivity index (χ3n) is 5.65. The molecule has 6 heteroatoms. The lowest BCUT2D eigenvalue weighted by Crippen LogP contribution is -2.16. The number of ketones is 1. The van der Waals surface area contributed by atoms with Crippen LogP contribution in [0.2, 0.25) is 0 Å². The maximum absolute atomic E-state index is 12.9. The number of hydrogen-bond acceptors (Lipinski definition) is 5. The van der Waals surface area contributed by atoms with E-state index in [4.69, 9.17) is 4.98 Å². The predicted octanol–water partition coefficient (Wildman–Crippen LogP) is 4.20. The molecule has 0 saturated carbocycles. The molecule has 0 fully saturated rings. The van der Waals surface area contributed by atoms with Crippen LogP contribution in [-0.4, -0.2) is 31.9 Å². The first kappa shape index (κ1) is 16.9. The van der Waals surface area contributed by atoms with Gasteiger partial charge in [0, 0.05) is 23.4 Å². The SMILES string of the molecule is O=C(c1ccccc1)c1ccc2nc(N3CCc4ccccc43)c3nncn3c2c1. The van der Waals surface area contributed by atoms with Gasteiger partial charge in [0.1, 0.15) is 6.33 Å². The molecule has 0 radical (unpaired) electrons. The Kier molecular flexibility index (Phi) is 3.64. The summed E-state index contributed by atoms with van der Waals surface area (Å²) in [6, 6.07) is 23.3. The van der Waals surface area contributed by atoms with Gasteiger partial charge in [-0.1, -0.05) is 48.5 Å². The molecule has 5 aromatic rings. The zero-order valence-electron chi connectivity index (χ0n) is 16.1. The van der Waals surface area contributed by atoms with Crippen molar-refractivity contribution in [2.75, 3.05) is 11.4 Å². The third kappa shape index (κ3) is 2.50. The summed E-state index contributed by atoms with van der Waals surface area (Å²) in [5, 5.41) is 8.48. The van der Waals surface area contributed by atoms with E-state index in [9.17, 15) is 4.79 Å². The van der Waals surface area contributed by atoms with E-state index < -0.39 is 0 Å². The molecule has 30 heavy (non-hydrogen) atoms. The predicted molar refractivity (Wildman–Crippen MR) is 115 cm³/mol. The molecule has 0 saturated heterocycles. The number of aromatic nitrogens is 4. The van der Waals surface area contributed by atoms with Crippen molar-refractivity contribution in [2.45, 2.75) is 6.42 Å². The summed E-state index contributed by atoms with van der Waals surface area (Å²) in [6.07, 6.45) is 2.66. The van der Waals surface area contributed by atoms with Crippen LogP contribution in [0.1, 0.15) is 21.5 Å². The van der Waals surface area contributed by atoms with Gasteiger partial charge in [0.05, 0.1) is 11.0 Å². The molecule has 0 amide bonds. The van der Waals surface area contributed by atoms with Crippen molar-refractivity contribution in [2.24, 2.45) is 0 Å². The van der Waals surface area contributed by atoms with Crippen molar-refractivity contribution in [3.63, 3.8) is 0 Å². The molecule has 3 aromatic carbocycles. The highest BCUT2D eigenvalue weighted by atomic mass is 16.1. The van der Waals surface area contributed by atoms with Crippen molar-refractivity contribution in [1.82, 2.24) is 19.6 Å². The number of hydrogen-bond donors (Lipinski definition) is 0. The first-order valence-corrected chi connectivity index (χ1v) is 9.88.